The highest BCUT2D eigenvalue weighted by Crippen LogP contribution is 2.25. The Morgan fingerprint density at radius 3 is 2.60 bits per heavy atom. The van der Waals surface area contributed by atoms with Crippen molar-refractivity contribution in [1.29, 1.82) is 0 Å². The van der Waals surface area contributed by atoms with Crippen molar-refractivity contribution in [2.24, 2.45) is 0 Å². The highest BCUT2D eigenvalue weighted by Gasteiger charge is 2.20. The SMILES string of the molecule is CC=C(c1ccccc1)N1CCCC1=S. The van der Waals surface area contributed by atoms with Gasteiger partial charge in [0.05, 0.1) is 4.99 Å². The fourth-order valence-corrected chi connectivity index (χ4v) is 2.32. The highest BCUT2D eigenvalue weighted by atomic mass is 32.1. The van der Waals surface area contributed by atoms with E-state index < -0.39 is 0 Å². The molecular weight excluding hydrogens is 202 g/mol. The number of thiocarbonyl (C=S) groups is 1. The van der Waals surface area contributed by atoms with Crippen LogP contribution in [0.4, 0.5) is 0 Å². The molecule has 1 heterocycles. The Balaban J connectivity index is 2.29. The molecule has 2 rings (SSSR count). The van der Waals surface area contributed by atoms with E-state index >= 15 is 0 Å². The summed E-state index contributed by atoms with van der Waals surface area (Å²) >= 11 is 5.37. The molecule has 0 atom stereocenters. The Morgan fingerprint density at radius 1 is 1.33 bits per heavy atom. The van der Waals surface area contributed by atoms with Crippen molar-refractivity contribution in [2.75, 3.05) is 6.54 Å². The molecule has 2 heteroatoms. The molecule has 1 aliphatic heterocycles. The molecule has 0 unspecified atom stereocenters. The van der Waals surface area contributed by atoms with Crippen LogP contribution in [0.25, 0.3) is 5.70 Å². The van der Waals surface area contributed by atoms with Crippen LogP contribution in [0.15, 0.2) is 36.4 Å². The van der Waals surface area contributed by atoms with E-state index in [1.165, 1.54) is 17.7 Å². The van der Waals surface area contributed by atoms with Gasteiger partial charge in [0.15, 0.2) is 0 Å². The molecule has 15 heavy (non-hydrogen) atoms. The van der Waals surface area contributed by atoms with Gasteiger partial charge in [-0.15, -0.1) is 0 Å². The summed E-state index contributed by atoms with van der Waals surface area (Å²) in [6.07, 6.45) is 4.38. The van der Waals surface area contributed by atoms with Crippen LogP contribution in [0.2, 0.25) is 0 Å². The molecule has 1 nitrogen and oxygen atoms in total. The molecule has 0 aromatic heterocycles. The monoisotopic (exact) mass is 217 g/mol. The summed E-state index contributed by atoms with van der Waals surface area (Å²) in [7, 11) is 0. The van der Waals surface area contributed by atoms with Crippen LogP contribution >= 0.6 is 12.2 Å². The van der Waals surface area contributed by atoms with Crippen molar-refractivity contribution in [2.45, 2.75) is 19.8 Å². The van der Waals surface area contributed by atoms with Gasteiger partial charge in [0.2, 0.25) is 0 Å². The van der Waals surface area contributed by atoms with Crippen molar-refractivity contribution >= 4 is 22.9 Å². The zero-order chi connectivity index (χ0) is 10.7. The van der Waals surface area contributed by atoms with E-state index in [9.17, 15) is 0 Å². The van der Waals surface area contributed by atoms with E-state index in [1.807, 2.05) is 6.07 Å². The maximum Gasteiger partial charge on any atom is 0.0824 e. The Morgan fingerprint density at radius 2 is 2.07 bits per heavy atom. The van der Waals surface area contributed by atoms with Gasteiger partial charge in [0.25, 0.3) is 0 Å². The van der Waals surface area contributed by atoms with Crippen molar-refractivity contribution in [3.63, 3.8) is 0 Å². The first-order chi connectivity index (χ1) is 7.33. The second kappa shape index (κ2) is 4.58. The number of hydrogen-bond acceptors (Lipinski definition) is 1. The predicted octanol–water partition coefficient (Wildman–Crippen LogP) is 3.47. The molecular formula is C13H15NS. The third-order valence-electron chi connectivity index (χ3n) is 2.71. The molecule has 1 aromatic rings. The third-order valence-corrected chi connectivity index (χ3v) is 3.13. The summed E-state index contributed by atoms with van der Waals surface area (Å²) < 4.78 is 0. The van der Waals surface area contributed by atoms with Crippen molar-refractivity contribution < 1.29 is 0 Å². The van der Waals surface area contributed by atoms with E-state index in [0.717, 1.165) is 18.0 Å². The van der Waals surface area contributed by atoms with E-state index in [2.05, 4.69) is 42.2 Å². The van der Waals surface area contributed by atoms with Gasteiger partial charge in [-0.1, -0.05) is 48.6 Å². The van der Waals surface area contributed by atoms with Gasteiger partial charge < -0.3 is 4.90 Å². The van der Waals surface area contributed by atoms with Crippen LogP contribution in [0, 0.1) is 0 Å². The number of allylic oxidation sites excluding steroid dienone is 1. The second-order valence-electron chi connectivity index (χ2n) is 3.69. The summed E-state index contributed by atoms with van der Waals surface area (Å²) in [4.78, 5) is 3.33. The molecule has 0 radical (unpaired) electrons. The molecule has 1 aromatic carbocycles. The van der Waals surface area contributed by atoms with Crippen LogP contribution in [-0.4, -0.2) is 16.4 Å². The Hall–Kier alpha value is -1.15. The molecule has 0 aliphatic carbocycles. The first-order valence-corrected chi connectivity index (χ1v) is 5.76. The van der Waals surface area contributed by atoms with E-state index in [4.69, 9.17) is 12.2 Å². The van der Waals surface area contributed by atoms with E-state index in [0.29, 0.717) is 0 Å². The number of benzene rings is 1. The molecule has 1 saturated heterocycles. The van der Waals surface area contributed by atoms with Gasteiger partial charge in [0.1, 0.15) is 0 Å². The number of likely N-dealkylation sites (tertiary alicyclic amines) is 1. The molecule has 1 aliphatic rings. The van der Waals surface area contributed by atoms with E-state index in [1.54, 1.807) is 0 Å². The largest absolute Gasteiger partial charge is 0.336 e. The van der Waals surface area contributed by atoms with Crippen LogP contribution in [-0.2, 0) is 0 Å². The lowest BCUT2D eigenvalue weighted by Gasteiger charge is -2.21. The molecule has 1 fully saturated rings. The minimum absolute atomic E-state index is 1.06. The van der Waals surface area contributed by atoms with Crippen LogP contribution in [0.3, 0.4) is 0 Å². The minimum atomic E-state index is 1.06. The number of rotatable bonds is 2. The Kier molecular flexibility index (Phi) is 3.17. The topological polar surface area (TPSA) is 3.24 Å². The lowest BCUT2D eigenvalue weighted by molar-refractivity contribution is 0.634. The smallest absolute Gasteiger partial charge is 0.0824 e. The van der Waals surface area contributed by atoms with Crippen molar-refractivity contribution in [3.05, 3.63) is 42.0 Å². The average Bonchev–Trinajstić information content (AvgIpc) is 2.68. The van der Waals surface area contributed by atoms with Crippen molar-refractivity contribution in [3.8, 4) is 0 Å². The first-order valence-electron chi connectivity index (χ1n) is 5.35. The highest BCUT2D eigenvalue weighted by molar-refractivity contribution is 7.80. The normalized spacial score (nSPS) is 17.3. The predicted molar refractivity (Wildman–Crippen MR) is 68.6 cm³/mol. The zero-order valence-electron chi connectivity index (χ0n) is 8.94. The maximum absolute atomic E-state index is 5.37. The molecule has 0 saturated carbocycles. The summed E-state index contributed by atoms with van der Waals surface area (Å²) in [6.45, 7) is 3.14. The maximum atomic E-state index is 5.37. The zero-order valence-corrected chi connectivity index (χ0v) is 9.76. The Labute approximate surface area is 96.4 Å². The summed E-state index contributed by atoms with van der Waals surface area (Å²) in [5.74, 6) is 0. The number of hydrogen-bond donors (Lipinski definition) is 0. The van der Waals surface area contributed by atoms with Gasteiger partial charge in [-0.2, -0.15) is 0 Å². The summed E-state index contributed by atoms with van der Waals surface area (Å²) in [5.41, 5.74) is 2.50. The van der Waals surface area contributed by atoms with Gasteiger partial charge in [0, 0.05) is 12.2 Å². The van der Waals surface area contributed by atoms with Gasteiger partial charge >= 0.3 is 0 Å². The van der Waals surface area contributed by atoms with Crippen LogP contribution in [0.1, 0.15) is 25.3 Å². The van der Waals surface area contributed by atoms with Gasteiger partial charge in [-0.3, -0.25) is 0 Å². The summed E-state index contributed by atoms with van der Waals surface area (Å²) in [6, 6.07) is 10.4. The van der Waals surface area contributed by atoms with E-state index in [-0.39, 0.29) is 0 Å². The lowest BCUT2D eigenvalue weighted by atomic mass is 10.1. The Bertz CT molecular complexity index is 381. The molecule has 78 valence electrons. The minimum Gasteiger partial charge on any atom is -0.336 e. The standard InChI is InChI=1S/C13H15NS/c1-2-12(11-7-4-3-5-8-11)14-10-6-9-13(14)15/h2-5,7-8H,6,9-10H2,1H3. The summed E-state index contributed by atoms with van der Waals surface area (Å²) in [5, 5.41) is 0. The molecule has 0 N–H and O–H groups in total. The second-order valence-corrected chi connectivity index (χ2v) is 4.16. The van der Waals surface area contributed by atoms with Crippen LogP contribution in [0.5, 0.6) is 0 Å². The number of nitrogens with zero attached hydrogens (tertiary/aromatic N) is 1. The fraction of sp³-hybridized carbons (Fsp3) is 0.308. The van der Waals surface area contributed by atoms with Crippen LogP contribution < -0.4 is 0 Å². The van der Waals surface area contributed by atoms with Gasteiger partial charge in [-0.25, -0.2) is 0 Å². The van der Waals surface area contributed by atoms with Gasteiger partial charge in [-0.05, 0) is 25.3 Å². The quantitative estimate of drug-likeness (QED) is 0.698. The molecule has 0 amide bonds. The van der Waals surface area contributed by atoms with Crippen molar-refractivity contribution in [1.82, 2.24) is 4.90 Å². The lowest BCUT2D eigenvalue weighted by Crippen LogP contribution is -2.21. The molecule has 0 spiro atoms. The first kappa shape index (κ1) is 10.4. The average molecular weight is 217 g/mol. The molecule has 0 bridgehead atoms. The third kappa shape index (κ3) is 2.10. The fourth-order valence-electron chi connectivity index (χ4n) is 1.99.